The quantitative estimate of drug-likeness (QED) is 0.0767. The molecule has 0 spiro atoms. The second kappa shape index (κ2) is 17.3. The molecule has 0 bridgehead atoms. The number of nitrogens with zero attached hydrogens (tertiary/aromatic N) is 2. The number of carbonyl (C=O) groups is 1. The molecule has 0 heterocycles. The molecule has 0 saturated heterocycles. The Kier molecular flexibility index (Phi) is 15.6. The van der Waals surface area contributed by atoms with Crippen molar-refractivity contribution in [2.45, 2.75) is 70.4 Å². The molecule has 0 fully saturated rings. The van der Waals surface area contributed by atoms with E-state index in [-0.39, 0.29) is 19.1 Å². The average molecular weight is 405 g/mol. The molecule has 0 aromatic carbocycles. The van der Waals surface area contributed by atoms with Gasteiger partial charge in [-0.1, -0.05) is 67.7 Å². The van der Waals surface area contributed by atoms with Crippen molar-refractivity contribution < 1.29 is 14.6 Å². The number of hydrogen-bond donors (Lipinski definition) is 0. The van der Waals surface area contributed by atoms with E-state index in [1.807, 2.05) is 12.2 Å². The van der Waals surface area contributed by atoms with E-state index >= 15 is 0 Å². The summed E-state index contributed by atoms with van der Waals surface area (Å²) in [6, 6.07) is 0. The SMILES string of the molecule is CCC=CCC=CCC=CCC=CCC=CCCCCC(C=O)([N+](=O)[O-])[N+](=O)[O-]. The van der Waals surface area contributed by atoms with Gasteiger partial charge in [-0.3, -0.25) is 25.0 Å². The summed E-state index contributed by atoms with van der Waals surface area (Å²) in [4.78, 5) is 30.2. The number of carbonyl (C=O) groups excluding carboxylic acids is 1. The lowest BCUT2D eigenvalue weighted by atomic mass is 10.0. The molecule has 0 aliphatic rings. The molecule has 0 atom stereocenters. The van der Waals surface area contributed by atoms with Crippen LogP contribution in [-0.2, 0) is 4.79 Å². The van der Waals surface area contributed by atoms with E-state index in [4.69, 9.17) is 0 Å². The maximum absolute atomic E-state index is 10.8. The van der Waals surface area contributed by atoms with E-state index < -0.39 is 15.5 Å². The first kappa shape index (κ1) is 26.2. The summed E-state index contributed by atoms with van der Waals surface area (Å²) in [5.41, 5.74) is -2.71. The van der Waals surface area contributed by atoms with Crippen molar-refractivity contribution in [1.29, 1.82) is 0 Å². The van der Waals surface area contributed by atoms with Crippen LogP contribution < -0.4 is 0 Å². The molecule has 29 heavy (non-hydrogen) atoms. The molecule has 0 unspecified atom stereocenters. The molecule has 0 N–H and O–H groups in total. The highest BCUT2D eigenvalue weighted by atomic mass is 16.7. The highest BCUT2D eigenvalue weighted by molar-refractivity contribution is 5.59. The summed E-state index contributed by atoms with van der Waals surface area (Å²) in [5, 5.41) is 21.6. The van der Waals surface area contributed by atoms with Crippen LogP contribution in [-0.4, -0.2) is 21.8 Å². The minimum absolute atomic E-state index is 0.177. The van der Waals surface area contributed by atoms with Gasteiger partial charge < -0.3 is 0 Å². The number of rotatable bonds is 17. The topological polar surface area (TPSA) is 103 Å². The molecule has 0 aromatic rings. The lowest BCUT2D eigenvalue weighted by Gasteiger charge is -2.10. The average Bonchev–Trinajstić information content (AvgIpc) is 2.69. The van der Waals surface area contributed by atoms with Crippen molar-refractivity contribution in [3.8, 4) is 0 Å². The molecule has 160 valence electrons. The standard InChI is InChI=1S/C22H32N2O5/c1-2-3-4-5-6-7-8-9-10-11-12-13-14-15-16-17-18-19-20-22(21-25,23(26)27)24(28)29/h3-4,6-7,9-10,12-13,15-16,21H,2,5,8,11,14,17-20H2,1H3. The first-order chi connectivity index (χ1) is 14.0. The van der Waals surface area contributed by atoms with E-state index in [2.05, 4.69) is 55.5 Å². The highest BCUT2D eigenvalue weighted by Crippen LogP contribution is 2.18. The summed E-state index contributed by atoms with van der Waals surface area (Å²) >= 11 is 0. The Morgan fingerprint density at radius 2 is 1.10 bits per heavy atom. The van der Waals surface area contributed by atoms with Gasteiger partial charge in [0.1, 0.15) is 9.85 Å². The van der Waals surface area contributed by atoms with E-state index in [0.717, 1.165) is 32.1 Å². The smallest absolute Gasteiger partial charge is 0.287 e. The Balaban J connectivity index is 3.85. The molecule has 0 radical (unpaired) electrons. The van der Waals surface area contributed by atoms with Crippen LogP contribution in [0.2, 0.25) is 0 Å². The fourth-order valence-corrected chi connectivity index (χ4v) is 2.41. The van der Waals surface area contributed by atoms with Gasteiger partial charge >= 0.3 is 5.66 Å². The minimum Gasteiger partial charge on any atom is -0.287 e. The Labute approximate surface area is 172 Å². The maximum atomic E-state index is 10.8. The van der Waals surface area contributed by atoms with E-state index in [9.17, 15) is 25.0 Å². The van der Waals surface area contributed by atoms with Crippen LogP contribution in [0.3, 0.4) is 0 Å². The van der Waals surface area contributed by atoms with Crippen LogP contribution in [0.1, 0.15) is 64.7 Å². The number of aldehydes is 1. The number of allylic oxidation sites excluding steroid dienone is 10. The fourth-order valence-electron chi connectivity index (χ4n) is 2.41. The number of unbranched alkanes of at least 4 members (excludes halogenated alkanes) is 2. The van der Waals surface area contributed by atoms with Crippen molar-refractivity contribution >= 4 is 6.29 Å². The summed E-state index contributed by atoms with van der Waals surface area (Å²) in [5.74, 6) is 0. The van der Waals surface area contributed by atoms with Gasteiger partial charge in [0.25, 0.3) is 6.29 Å². The molecule has 0 aliphatic carbocycles. The Morgan fingerprint density at radius 1 is 0.690 bits per heavy atom. The Morgan fingerprint density at radius 3 is 1.48 bits per heavy atom. The molecule has 0 saturated carbocycles. The predicted molar refractivity (Wildman–Crippen MR) is 116 cm³/mol. The highest BCUT2D eigenvalue weighted by Gasteiger charge is 2.55. The second-order valence-electron chi connectivity index (χ2n) is 6.46. The lowest BCUT2D eigenvalue weighted by Crippen LogP contribution is -2.47. The van der Waals surface area contributed by atoms with Gasteiger partial charge in [-0.2, -0.15) is 0 Å². The summed E-state index contributed by atoms with van der Waals surface area (Å²) < 4.78 is 0. The maximum Gasteiger partial charge on any atom is 0.512 e. The zero-order valence-corrected chi connectivity index (χ0v) is 17.2. The van der Waals surface area contributed by atoms with Crippen LogP contribution in [0.25, 0.3) is 0 Å². The van der Waals surface area contributed by atoms with Gasteiger partial charge in [-0.05, 0) is 51.4 Å². The summed E-state index contributed by atoms with van der Waals surface area (Å²) in [7, 11) is 0. The van der Waals surface area contributed by atoms with Crippen LogP contribution in [0.15, 0.2) is 60.8 Å². The van der Waals surface area contributed by atoms with Crippen molar-refractivity contribution in [3.05, 3.63) is 81.0 Å². The largest absolute Gasteiger partial charge is 0.512 e. The molecule has 7 heteroatoms. The van der Waals surface area contributed by atoms with Crippen LogP contribution in [0.4, 0.5) is 0 Å². The van der Waals surface area contributed by atoms with Crippen molar-refractivity contribution in [3.63, 3.8) is 0 Å². The molecule has 0 aliphatic heterocycles. The first-order valence-corrected chi connectivity index (χ1v) is 10.0. The molecular formula is C22H32N2O5. The summed E-state index contributed by atoms with van der Waals surface area (Å²) in [6.07, 6.45) is 26.5. The summed E-state index contributed by atoms with van der Waals surface area (Å²) in [6.45, 7) is 2.12. The van der Waals surface area contributed by atoms with Gasteiger partial charge in [0.05, 0.1) is 6.42 Å². The van der Waals surface area contributed by atoms with Gasteiger partial charge in [0, 0.05) is 0 Å². The van der Waals surface area contributed by atoms with Crippen molar-refractivity contribution in [2.24, 2.45) is 0 Å². The zero-order valence-electron chi connectivity index (χ0n) is 17.2. The molecule has 0 amide bonds. The fraction of sp³-hybridized carbons (Fsp3) is 0.500. The third-order valence-corrected chi connectivity index (χ3v) is 4.14. The zero-order chi connectivity index (χ0) is 21.8. The lowest BCUT2D eigenvalue weighted by molar-refractivity contribution is -0.774. The minimum atomic E-state index is -2.71. The van der Waals surface area contributed by atoms with Gasteiger partial charge in [0.2, 0.25) is 0 Å². The second-order valence-corrected chi connectivity index (χ2v) is 6.46. The van der Waals surface area contributed by atoms with E-state index in [1.54, 1.807) is 0 Å². The predicted octanol–water partition coefficient (Wildman–Crippen LogP) is 5.75. The van der Waals surface area contributed by atoms with Crippen LogP contribution >= 0.6 is 0 Å². The van der Waals surface area contributed by atoms with Crippen LogP contribution in [0, 0.1) is 20.2 Å². The monoisotopic (exact) mass is 404 g/mol. The number of hydrogen-bond acceptors (Lipinski definition) is 5. The third-order valence-electron chi connectivity index (χ3n) is 4.14. The molecule has 0 aromatic heterocycles. The Hall–Kier alpha value is -2.83. The van der Waals surface area contributed by atoms with Crippen molar-refractivity contribution in [1.82, 2.24) is 0 Å². The van der Waals surface area contributed by atoms with Gasteiger partial charge in [0.15, 0.2) is 0 Å². The Bertz CT molecular complexity index is 619. The molecule has 7 nitrogen and oxygen atoms in total. The third kappa shape index (κ3) is 12.3. The first-order valence-electron chi connectivity index (χ1n) is 10.0. The normalized spacial score (nSPS) is 12.9. The molecular weight excluding hydrogens is 372 g/mol. The molecule has 0 rings (SSSR count). The van der Waals surface area contributed by atoms with E-state index in [0.29, 0.717) is 12.8 Å². The van der Waals surface area contributed by atoms with E-state index in [1.165, 1.54) is 0 Å². The van der Waals surface area contributed by atoms with Gasteiger partial charge in [-0.25, -0.2) is 0 Å². The van der Waals surface area contributed by atoms with Gasteiger partial charge in [-0.15, -0.1) is 0 Å². The van der Waals surface area contributed by atoms with Crippen LogP contribution in [0.5, 0.6) is 0 Å². The number of nitro groups is 2. The van der Waals surface area contributed by atoms with Crippen molar-refractivity contribution in [2.75, 3.05) is 0 Å².